The first-order chi connectivity index (χ1) is 10.6. The van der Waals surface area contributed by atoms with Crippen LogP contribution in [0.2, 0.25) is 0 Å². The number of rotatable bonds is 4. The van der Waals surface area contributed by atoms with Crippen molar-refractivity contribution in [2.45, 2.75) is 18.9 Å². The van der Waals surface area contributed by atoms with E-state index in [1.807, 2.05) is 11.4 Å². The highest BCUT2D eigenvalue weighted by atomic mass is 32.1. The minimum absolute atomic E-state index is 0.101. The van der Waals surface area contributed by atoms with Crippen molar-refractivity contribution in [2.75, 3.05) is 18.4 Å². The highest BCUT2D eigenvalue weighted by Gasteiger charge is 2.32. The van der Waals surface area contributed by atoms with Crippen molar-refractivity contribution in [2.24, 2.45) is 0 Å². The van der Waals surface area contributed by atoms with Crippen molar-refractivity contribution in [1.82, 2.24) is 0 Å². The molecule has 1 unspecified atom stereocenters. The van der Waals surface area contributed by atoms with Gasteiger partial charge in [0.25, 0.3) is 5.91 Å². The quantitative estimate of drug-likeness (QED) is 0.890. The zero-order valence-corrected chi connectivity index (χ0v) is 12.8. The molecule has 1 aromatic heterocycles. The molecular formula is C16H17F2N2OS+. The summed E-state index contributed by atoms with van der Waals surface area (Å²) in [7, 11) is 0. The second-order valence-corrected chi connectivity index (χ2v) is 6.45. The van der Waals surface area contributed by atoms with E-state index in [-0.39, 0.29) is 18.1 Å². The number of nitrogens with one attached hydrogen (secondary N) is 2. The summed E-state index contributed by atoms with van der Waals surface area (Å²) in [5, 5.41) is 4.51. The summed E-state index contributed by atoms with van der Waals surface area (Å²) in [5.41, 5.74) is -0.101. The van der Waals surface area contributed by atoms with Crippen LogP contribution in [0.4, 0.5) is 14.5 Å². The third kappa shape index (κ3) is 3.34. The topological polar surface area (TPSA) is 33.5 Å². The Morgan fingerprint density at radius 1 is 1.36 bits per heavy atom. The molecule has 0 aliphatic carbocycles. The van der Waals surface area contributed by atoms with Gasteiger partial charge in [0.2, 0.25) is 0 Å². The van der Waals surface area contributed by atoms with Gasteiger partial charge < -0.3 is 10.2 Å². The fraction of sp³-hybridized carbons (Fsp3) is 0.312. The lowest BCUT2D eigenvalue weighted by molar-refractivity contribution is -0.910. The van der Waals surface area contributed by atoms with E-state index in [1.165, 1.54) is 9.78 Å². The zero-order valence-electron chi connectivity index (χ0n) is 11.9. The Balaban J connectivity index is 1.65. The molecule has 1 saturated heterocycles. The minimum Gasteiger partial charge on any atom is -0.320 e. The third-order valence-electron chi connectivity index (χ3n) is 3.96. The van der Waals surface area contributed by atoms with Gasteiger partial charge in [0.15, 0.2) is 6.54 Å². The number of hydrogen-bond donors (Lipinski definition) is 2. The maximum Gasteiger partial charge on any atom is 0.279 e. The van der Waals surface area contributed by atoms with Crippen LogP contribution in [0.3, 0.4) is 0 Å². The first-order valence-electron chi connectivity index (χ1n) is 7.26. The standard InChI is InChI=1S/C16H16F2N2OS/c17-11-5-6-12(18)13(9-11)19-16(21)10-20-7-1-3-14(20)15-4-2-8-22-15/h2,4-6,8-9,14H,1,3,7,10H2,(H,19,21)/p+1/t14-/m1/s1. The van der Waals surface area contributed by atoms with Crippen LogP contribution in [-0.2, 0) is 4.79 Å². The molecule has 2 heterocycles. The van der Waals surface area contributed by atoms with Crippen LogP contribution in [0.25, 0.3) is 0 Å². The number of likely N-dealkylation sites (tertiary alicyclic amines) is 1. The van der Waals surface area contributed by atoms with E-state index in [4.69, 9.17) is 0 Å². The lowest BCUT2D eigenvalue weighted by Crippen LogP contribution is -3.11. The van der Waals surface area contributed by atoms with Crippen LogP contribution in [0.1, 0.15) is 23.8 Å². The molecule has 2 atom stereocenters. The number of carbonyl (C=O) groups excluding carboxylic acids is 1. The number of anilines is 1. The van der Waals surface area contributed by atoms with E-state index in [2.05, 4.69) is 11.4 Å². The summed E-state index contributed by atoms with van der Waals surface area (Å²) < 4.78 is 26.7. The fourth-order valence-corrected chi connectivity index (χ4v) is 3.87. The molecule has 22 heavy (non-hydrogen) atoms. The molecule has 2 N–H and O–H groups in total. The molecule has 1 amide bonds. The van der Waals surface area contributed by atoms with E-state index in [0.29, 0.717) is 6.04 Å². The summed E-state index contributed by atoms with van der Waals surface area (Å²) in [6.07, 6.45) is 2.12. The molecule has 0 saturated carbocycles. The van der Waals surface area contributed by atoms with Crippen molar-refractivity contribution in [3.63, 3.8) is 0 Å². The van der Waals surface area contributed by atoms with Gasteiger partial charge in [-0.25, -0.2) is 8.78 Å². The van der Waals surface area contributed by atoms with Gasteiger partial charge in [-0.05, 0) is 23.6 Å². The summed E-state index contributed by atoms with van der Waals surface area (Å²) >= 11 is 1.70. The average molecular weight is 323 g/mol. The highest BCUT2D eigenvalue weighted by Crippen LogP contribution is 2.23. The van der Waals surface area contributed by atoms with Crippen LogP contribution in [0.5, 0.6) is 0 Å². The van der Waals surface area contributed by atoms with E-state index >= 15 is 0 Å². The van der Waals surface area contributed by atoms with Gasteiger partial charge in [0.1, 0.15) is 17.7 Å². The molecule has 1 fully saturated rings. The molecule has 0 bridgehead atoms. The molecule has 116 valence electrons. The first kappa shape index (κ1) is 15.1. The maximum atomic E-state index is 13.6. The largest absolute Gasteiger partial charge is 0.320 e. The number of amides is 1. The predicted octanol–water partition coefficient (Wildman–Crippen LogP) is 2.38. The SMILES string of the molecule is O=C(C[NH+]1CCC[C@@H]1c1cccs1)Nc1cc(F)ccc1F. The van der Waals surface area contributed by atoms with Gasteiger partial charge in [-0.3, -0.25) is 4.79 Å². The van der Waals surface area contributed by atoms with Crippen molar-refractivity contribution >= 4 is 22.9 Å². The van der Waals surface area contributed by atoms with Gasteiger partial charge in [0, 0.05) is 18.9 Å². The van der Waals surface area contributed by atoms with Gasteiger partial charge in [0.05, 0.1) is 17.1 Å². The lowest BCUT2D eigenvalue weighted by atomic mass is 10.2. The van der Waals surface area contributed by atoms with Crippen LogP contribution >= 0.6 is 11.3 Å². The number of benzene rings is 1. The fourth-order valence-electron chi connectivity index (χ4n) is 2.95. The van der Waals surface area contributed by atoms with Crippen molar-refractivity contribution in [3.8, 4) is 0 Å². The summed E-state index contributed by atoms with van der Waals surface area (Å²) in [6.45, 7) is 1.18. The molecule has 3 nitrogen and oxygen atoms in total. The third-order valence-corrected chi connectivity index (χ3v) is 4.95. The average Bonchev–Trinajstić information content (AvgIpc) is 3.13. The summed E-state index contributed by atoms with van der Waals surface area (Å²) in [4.78, 5) is 14.6. The Hall–Kier alpha value is -1.79. The second-order valence-electron chi connectivity index (χ2n) is 5.47. The van der Waals surface area contributed by atoms with E-state index in [9.17, 15) is 13.6 Å². The molecule has 6 heteroatoms. The van der Waals surface area contributed by atoms with E-state index in [0.717, 1.165) is 37.6 Å². The van der Waals surface area contributed by atoms with Crippen LogP contribution in [0, 0.1) is 11.6 Å². The van der Waals surface area contributed by atoms with Gasteiger partial charge in [-0.2, -0.15) is 0 Å². The molecule has 1 aromatic carbocycles. The maximum absolute atomic E-state index is 13.6. The first-order valence-corrected chi connectivity index (χ1v) is 8.14. The minimum atomic E-state index is -0.624. The van der Waals surface area contributed by atoms with Gasteiger partial charge in [-0.1, -0.05) is 6.07 Å². The molecule has 3 rings (SSSR count). The molecule has 0 radical (unpaired) electrons. The summed E-state index contributed by atoms with van der Waals surface area (Å²) in [6, 6.07) is 7.47. The number of carbonyl (C=O) groups is 1. The van der Waals surface area contributed by atoms with E-state index < -0.39 is 11.6 Å². The van der Waals surface area contributed by atoms with Crippen molar-refractivity contribution < 1.29 is 18.5 Å². The van der Waals surface area contributed by atoms with Crippen LogP contribution in [0.15, 0.2) is 35.7 Å². The zero-order chi connectivity index (χ0) is 15.5. The van der Waals surface area contributed by atoms with Crippen LogP contribution < -0.4 is 10.2 Å². The Labute approximate surface area is 131 Å². The highest BCUT2D eigenvalue weighted by molar-refractivity contribution is 7.10. The van der Waals surface area contributed by atoms with E-state index in [1.54, 1.807) is 11.3 Å². The Morgan fingerprint density at radius 2 is 2.23 bits per heavy atom. The van der Waals surface area contributed by atoms with Crippen LogP contribution in [-0.4, -0.2) is 19.0 Å². The smallest absolute Gasteiger partial charge is 0.279 e. The predicted molar refractivity (Wildman–Crippen MR) is 82.0 cm³/mol. The van der Waals surface area contributed by atoms with Gasteiger partial charge >= 0.3 is 0 Å². The molecular weight excluding hydrogens is 306 g/mol. The van der Waals surface area contributed by atoms with Gasteiger partial charge in [-0.15, -0.1) is 11.3 Å². The molecule has 1 aliphatic heterocycles. The molecule has 2 aromatic rings. The number of halogens is 2. The second kappa shape index (κ2) is 6.54. The molecule has 1 aliphatic rings. The Morgan fingerprint density at radius 3 is 3.00 bits per heavy atom. The van der Waals surface area contributed by atoms with Crippen molar-refractivity contribution in [3.05, 3.63) is 52.2 Å². The number of quaternary nitrogens is 1. The monoisotopic (exact) mass is 323 g/mol. The lowest BCUT2D eigenvalue weighted by Gasteiger charge is -2.20. The number of thiophene rings is 1. The van der Waals surface area contributed by atoms with Crippen molar-refractivity contribution in [1.29, 1.82) is 0 Å². The number of hydrogen-bond acceptors (Lipinski definition) is 2. The molecule has 0 spiro atoms. The Kier molecular flexibility index (Phi) is 4.49. The normalized spacial score (nSPS) is 21.0. The Bertz CT molecular complexity index is 660. The summed E-state index contributed by atoms with van der Waals surface area (Å²) in [5.74, 6) is -1.48.